The number of H-pyrrole nitrogens is 1. The second-order valence-electron chi connectivity index (χ2n) is 7.83. The van der Waals surface area contributed by atoms with E-state index in [-0.39, 0.29) is 34.3 Å². The van der Waals surface area contributed by atoms with Gasteiger partial charge in [0.05, 0.1) is 23.0 Å². The summed E-state index contributed by atoms with van der Waals surface area (Å²) in [7, 11) is 0. The molecule has 1 unspecified atom stereocenters. The largest absolute Gasteiger partial charge is 0.391 e. The zero-order chi connectivity index (χ0) is 20.7. The minimum Gasteiger partial charge on any atom is -0.391 e. The van der Waals surface area contributed by atoms with Crippen molar-refractivity contribution in [1.82, 2.24) is 14.9 Å². The minimum atomic E-state index is -0.596. The number of aliphatic hydroxyl groups is 1. The molecule has 0 bridgehead atoms. The minimum absolute atomic E-state index is 0.0400. The monoisotopic (exact) mass is 485 g/mol. The van der Waals surface area contributed by atoms with Crippen LogP contribution in [0.3, 0.4) is 0 Å². The maximum Gasteiger partial charge on any atom is 0.226 e. The Bertz CT molecular complexity index is 1010. The van der Waals surface area contributed by atoms with Crippen LogP contribution < -0.4 is 5.32 Å². The number of amides is 1. The highest BCUT2D eigenvalue weighted by Crippen LogP contribution is 2.36. The van der Waals surface area contributed by atoms with Gasteiger partial charge in [-0.25, -0.2) is 8.78 Å². The summed E-state index contributed by atoms with van der Waals surface area (Å²) in [6, 6.07) is 2.37. The van der Waals surface area contributed by atoms with Crippen LogP contribution in [-0.2, 0) is 24.2 Å². The Hall–Kier alpha value is -1.58. The third-order valence-electron chi connectivity index (χ3n) is 5.92. The number of carbonyl (C=O) groups is 1. The molecule has 2 heterocycles. The summed E-state index contributed by atoms with van der Waals surface area (Å²) in [5, 5.41) is 13.0. The van der Waals surface area contributed by atoms with Gasteiger partial charge in [-0.3, -0.25) is 4.79 Å². The number of hydrogen-bond donors (Lipinski definition) is 3. The molecule has 1 saturated carbocycles. The van der Waals surface area contributed by atoms with Gasteiger partial charge in [0.2, 0.25) is 5.91 Å². The highest BCUT2D eigenvalue weighted by Gasteiger charge is 2.32. The molecule has 29 heavy (non-hydrogen) atoms. The molecule has 9 heteroatoms. The molecule has 1 aliphatic carbocycles. The molecule has 2 aliphatic rings. The van der Waals surface area contributed by atoms with Gasteiger partial charge in [0, 0.05) is 29.4 Å². The van der Waals surface area contributed by atoms with Crippen LogP contribution >= 0.6 is 28.1 Å². The van der Waals surface area contributed by atoms with E-state index in [0.29, 0.717) is 29.9 Å². The molecule has 156 valence electrons. The van der Waals surface area contributed by atoms with Crippen LogP contribution in [0.5, 0.6) is 0 Å². The van der Waals surface area contributed by atoms with Gasteiger partial charge in [-0.15, -0.1) is 0 Å². The fourth-order valence-corrected chi connectivity index (χ4v) is 5.11. The molecule has 1 aromatic carbocycles. The second-order valence-corrected chi connectivity index (χ2v) is 9.07. The lowest BCUT2D eigenvalue weighted by Crippen LogP contribution is -2.45. The number of aromatic nitrogens is 2. The fourth-order valence-electron chi connectivity index (χ4n) is 4.45. The van der Waals surface area contributed by atoms with Gasteiger partial charge in [0.15, 0.2) is 4.77 Å². The number of fused-ring (bicyclic) bond motifs is 1. The Balaban J connectivity index is 1.52. The number of carbonyl (C=O) groups excluding carboxylic acids is 1. The molecule has 1 amide bonds. The van der Waals surface area contributed by atoms with Crippen LogP contribution in [0.1, 0.15) is 48.6 Å². The molecule has 1 fully saturated rings. The maximum absolute atomic E-state index is 14.5. The van der Waals surface area contributed by atoms with Crippen molar-refractivity contribution in [3.8, 4) is 0 Å². The number of rotatable bonds is 4. The zero-order valence-corrected chi connectivity index (χ0v) is 18.1. The van der Waals surface area contributed by atoms with Gasteiger partial charge < -0.3 is 20.0 Å². The molecule has 5 nitrogen and oxygen atoms in total. The van der Waals surface area contributed by atoms with Crippen molar-refractivity contribution < 1.29 is 18.7 Å². The van der Waals surface area contributed by atoms with Crippen LogP contribution in [0, 0.1) is 16.4 Å². The number of imidazole rings is 1. The normalized spacial score (nSPS) is 23.8. The van der Waals surface area contributed by atoms with Crippen LogP contribution in [0.15, 0.2) is 16.6 Å². The predicted octanol–water partition coefficient (Wildman–Crippen LogP) is 3.89. The SMILES string of the molecule is O=C(Cc1[nH]c(=S)n2c1CC(c1c(F)ccc(Br)c1F)C2)N[C@@H]1CCCC[C@H]1O. The van der Waals surface area contributed by atoms with Crippen LogP contribution in [0.4, 0.5) is 8.78 Å². The number of hydrogen-bond acceptors (Lipinski definition) is 3. The van der Waals surface area contributed by atoms with E-state index in [1.54, 1.807) is 0 Å². The smallest absolute Gasteiger partial charge is 0.226 e. The Morgan fingerprint density at radius 2 is 2.10 bits per heavy atom. The van der Waals surface area contributed by atoms with Crippen molar-refractivity contribution in [2.24, 2.45) is 0 Å². The average molecular weight is 486 g/mol. The van der Waals surface area contributed by atoms with Gasteiger partial charge in [-0.1, -0.05) is 12.8 Å². The number of aromatic amines is 1. The first-order valence-corrected chi connectivity index (χ1v) is 11.0. The van der Waals surface area contributed by atoms with E-state index in [0.717, 1.165) is 25.0 Å². The molecule has 0 radical (unpaired) electrons. The standard InChI is InChI=1S/C20H22BrF2N3O2S/c21-11-5-6-12(22)18(19(11)23)10-7-15-14(25-20(29)26(15)9-10)8-17(28)24-13-3-1-2-4-16(13)27/h5-6,10,13,16,27H,1-4,7-9H2,(H,24,28)(H,25,29)/t10?,13-,16-/m1/s1. The summed E-state index contributed by atoms with van der Waals surface area (Å²) in [6.07, 6.45) is 3.38. The average Bonchev–Trinajstić information content (AvgIpc) is 3.22. The Morgan fingerprint density at radius 1 is 1.34 bits per heavy atom. The highest BCUT2D eigenvalue weighted by molar-refractivity contribution is 9.10. The van der Waals surface area contributed by atoms with E-state index in [9.17, 15) is 18.7 Å². The summed E-state index contributed by atoms with van der Waals surface area (Å²) in [6.45, 7) is 0.359. The van der Waals surface area contributed by atoms with Gasteiger partial charge in [0.25, 0.3) is 0 Å². The number of benzene rings is 1. The molecular weight excluding hydrogens is 464 g/mol. The summed E-state index contributed by atoms with van der Waals surface area (Å²) < 4.78 is 31.3. The van der Waals surface area contributed by atoms with Gasteiger partial charge >= 0.3 is 0 Å². The van der Waals surface area contributed by atoms with E-state index in [1.165, 1.54) is 12.1 Å². The first-order valence-electron chi connectivity index (χ1n) is 9.76. The lowest BCUT2D eigenvalue weighted by Gasteiger charge is -2.28. The molecule has 2 aromatic rings. The summed E-state index contributed by atoms with van der Waals surface area (Å²) >= 11 is 8.48. The van der Waals surface area contributed by atoms with E-state index in [2.05, 4.69) is 26.2 Å². The fraction of sp³-hybridized carbons (Fsp3) is 0.500. The number of nitrogens with one attached hydrogen (secondary N) is 2. The van der Waals surface area contributed by atoms with Crippen molar-refractivity contribution >= 4 is 34.1 Å². The topological polar surface area (TPSA) is 70.0 Å². The summed E-state index contributed by atoms with van der Waals surface area (Å²) in [4.78, 5) is 15.6. The number of halogens is 3. The second kappa shape index (κ2) is 8.28. The quantitative estimate of drug-likeness (QED) is 0.454. The number of nitrogens with zero attached hydrogens (tertiary/aromatic N) is 1. The highest BCUT2D eigenvalue weighted by atomic mass is 79.9. The molecular formula is C20H22BrF2N3O2S. The Kier molecular flexibility index (Phi) is 5.90. The molecule has 0 saturated heterocycles. The molecule has 1 aliphatic heterocycles. The first-order chi connectivity index (χ1) is 13.8. The lowest BCUT2D eigenvalue weighted by atomic mass is 9.92. The van der Waals surface area contributed by atoms with Crippen molar-refractivity contribution in [3.63, 3.8) is 0 Å². The predicted molar refractivity (Wildman–Crippen MR) is 110 cm³/mol. The van der Waals surface area contributed by atoms with Gasteiger partial charge in [-0.05, 0) is 59.5 Å². The first kappa shape index (κ1) is 20.7. The van der Waals surface area contributed by atoms with Crippen molar-refractivity contribution in [1.29, 1.82) is 0 Å². The number of aliphatic hydroxyl groups excluding tert-OH is 1. The van der Waals surface area contributed by atoms with E-state index in [4.69, 9.17) is 12.2 Å². The van der Waals surface area contributed by atoms with Crippen molar-refractivity contribution in [2.75, 3.05) is 0 Å². The zero-order valence-electron chi connectivity index (χ0n) is 15.7. The summed E-state index contributed by atoms with van der Waals surface area (Å²) in [5.74, 6) is -1.76. The molecule has 0 spiro atoms. The van der Waals surface area contributed by atoms with E-state index in [1.807, 2.05) is 4.57 Å². The van der Waals surface area contributed by atoms with Crippen molar-refractivity contribution in [2.45, 2.75) is 63.1 Å². The summed E-state index contributed by atoms with van der Waals surface area (Å²) in [5.41, 5.74) is 1.51. The molecule has 3 N–H and O–H groups in total. The lowest BCUT2D eigenvalue weighted by molar-refractivity contribution is -0.122. The van der Waals surface area contributed by atoms with Crippen LogP contribution in [0.2, 0.25) is 0 Å². The Labute approximate surface area is 180 Å². The third-order valence-corrected chi connectivity index (χ3v) is 6.86. The third kappa shape index (κ3) is 4.04. The van der Waals surface area contributed by atoms with E-state index < -0.39 is 17.7 Å². The molecule has 4 rings (SSSR count). The van der Waals surface area contributed by atoms with Gasteiger partial charge in [-0.2, -0.15) is 0 Å². The van der Waals surface area contributed by atoms with E-state index >= 15 is 0 Å². The Morgan fingerprint density at radius 3 is 2.86 bits per heavy atom. The molecule has 1 aromatic heterocycles. The van der Waals surface area contributed by atoms with Crippen molar-refractivity contribution in [3.05, 3.63) is 50.0 Å². The van der Waals surface area contributed by atoms with Crippen LogP contribution in [0.25, 0.3) is 0 Å². The van der Waals surface area contributed by atoms with Gasteiger partial charge in [0.1, 0.15) is 11.6 Å². The van der Waals surface area contributed by atoms with Crippen LogP contribution in [-0.4, -0.2) is 32.7 Å². The maximum atomic E-state index is 14.5. The molecule has 3 atom stereocenters.